The Labute approximate surface area is 102 Å². The average Bonchev–Trinajstić information content (AvgIpc) is 2.43. The van der Waals surface area contributed by atoms with E-state index in [0.29, 0.717) is 0 Å². The molecule has 1 atom stereocenters. The molecule has 1 aromatic rings. The van der Waals surface area contributed by atoms with Crippen LogP contribution >= 0.6 is 0 Å². The zero-order valence-electron chi connectivity index (χ0n) is 8.92. The Hall–Kier alpha value is -0.761. The number of nitrogens with zero attached hydrogens (tertiary/aromatic N) is 1. The van der Waals surface area contributed by atoms with Crippen molar-refractivity contribution in [3.8, 4) is 0 Å². The first-order valence-electron chi connectivity index (χ1n) is 4.82. The summed E-state index contributed by atoms with van der Waals surface area (Å²) >= 11 is 0. The molecule has 1 saturated heterocycles. The number of rotatable bonds is 1. The monoisotopic (exact) mass is 250 g/mol. The Morgan fingerprint density at radius 1 is 1.27 bits per heavy atom. The molecule has 2 nitrogen and oxygen atoms in total. The predicted octanol–water partition coefficient (Wildman–Crippen LogP) is 2.95. The van der Waals surface area contributed by atoms with Gasteiger partial charge in [0, 0.05) is 5.54 Å². The molecule has 2 rings (SSSR count). The Balaban J connectivity index is 0.00000112. The molecule has 0 amide bonds. The second-order valence-electron chi connectivity index (χ2n) is 4.16. The Bertz CT molecular complexity index is 346. The van der Waals surface area contributed by atoms with Crippen molar-refractivity contribution in [3.05, 3.63) is 53.5 Å². The molecule has 3 heteroatoms. The minimum Gasteiger partial charge on any atom is -0.669 e. The van der Waals surface area contributed by atoms with Crippen LogP contribution in [-0.4, -0.2) is 5.54 Å². The molecular weight excluding hydrogens is 236 g/mol. The van der Waals surface area contributed by atoms with Crippen molar-refractivity contribution in [2.24, 2.45) is 0 Å². The molecule has 84 valence electrons. The molecule has 1 aliphatic heterocycles. The van der Waals surface area contributed by atoms with Gasteiger partial charge in [-0.25, -0.2) is 0 Å². The van der Waals surface area contributed by atoms with Crippen molar-refractivity contribution in [1.29, 1.82) is 0 Å². The molecule has 1 aromatic carbocycles. The number of hydrogen-bond donors (Lipinski definition) is 1. The third-order valence-electron chi connectivity index (χ3n) is 2.62. The number of nitrogens with one attached hydrogen (secondary N) is 1. The largest absolute Gasteiger partial charge is 1.00 e. The van der Waals surface area contributed by atoms with E-state index in [4.69, 9.17) is 0 Å². The molecule has 1 aliphatic rings. The van der Waals surface area contributed by atoms with Gasteiger partial charge in [-0.1, -0.05) is 30.3 Å². The van der Waals surface area contributed by atoms with Crippen LogP contribution in [0.5, 0.6) is 0 Å². The molecule has 0 aromatic heterocycles. The first kappa shape index (κ1) is 12.3. The van der Waals surface area contributed by atoms with Crippen molar-refractivity contribution in [3.63, 3.8) is 0 Å². The van der Waals surface area contributed by atoms with E-state index < -0.39 is 0 Å². The van der Waals surface area contributed by atoms with E-state index in [1.54, 1.807) is 0 Å². The normalized spacial score (nSPS) is 23.1. The molecule has 0 bridgehead atoms. The van der Waals surface area contributed by atoms with Crippen LogP contribution < -0.4 is 5.32 Å². The fourth-order valence-electron chi connectivity index (χ4n) is 1.57. The first-order valence-corrected chi connectivity index (χ1v) is 4.82. The van der Waals surface area contributed by atoms with E-state index in [9.17, 15) is 0 Å². The van der Waals surface area contributed by atoms with E-state index in [2.05, 4.69) is 43.2 Å². The second kappa shape index (κ2) is 4.40. The summed E-state index contributed by atoms with van der Waals surface area (Å²) in [5, 5.41) is 7.94. The minimum atomic E-state index is -0.0828. The van der Waals surface area contributed by atoms with Crippen molar-refractivity contribution in [1.82, 2.24) is 5.32 Å². The summed E-state index contributed by atoms with van der Waals surface area (Å²) in [5.74, 6) is 0. The standard InChI is InChI=1S/C12H15N2.Cu/c1-9-12(2,3)14-11(13-9)10-7-5-4-6-8-10;/h4-8,11,14H,1H2,2-3H3;/q-1;+1. The Morgan fingerprint density at radius 2 is 1.87 bits per heavy atom. The van der Waals surface area contributed by atoms with Crippen LogP contribution in [0.4, 0.5) is 0 Å². The van der Waals surface area contributed by atoms with Crippen molar-refractivity contribution >= 4 is 0 Å². The van der Waals surface area contributed by atoms with E-state index >= 15 is 0 Å². The number of hydrogen-bond acceptors (Lipinski definition) is 1. The SMILES string of the molecule is C=C1[N-]C(c2ccccc2)NC1(C)C.[Cu+]. The van der Waals surface area contributed by atoms with Crippen molar-refractivity contribution < 1.29 is 17.1 Å². The summed E-state index contributed by atoms with van der Waals surface area (Å²) in [6.07, 6.45) is 0.0682. The fraction of sp³-hybridized carbons (Fsp3) is 0.333. The summed E-state index contributed by atoms with van der Waals surface area (Å²) in [6.45, 7) is 8.15. The molecule has 0 aliphatic carbocycles. The third kappa shape index (κ3) is 2.43. The summed E-state index contributed by atoms with van der Waals surface area (Å²) in [7, 11) is 0. The Morgan fingerprint density at radius 3 is 2.33 bits per heavy atom. The maximum atomic E-state index is 4.51. The van der Waals surface area contributed by atoms with Gasteiger partial charge in [-0.05, 0) is 25.6 Å². The van der Waals surface area contributed by atoms with Crippen LogP contribution in [0.2, 0.25) is 0 Å². The summed E-state index contributed by atoms with van der Waals surface area (Å²) in [5.41, 5.74) is 2.03. The summed E-state index contributed by atoms with van der Waals surface area (Å²) < 4.78 is 0. The van der Waals surface area contributed by atoms with Gasteiger partial charge in [0.1, 0.15) is 0 Å². The maximum absolute atomic E-state index is 4.51. The van der Waals surface area contributed by atoms with Gasteiger partial charge in [0.05, 0.1) is 0 Å². The molecule has 1 N–H and O–H groups in total. The summed E-state index contributed by atoms with van der Waals surface area (Å²) in [6, 6.07) is 10.2. The van der Waals surface area contributed by atoms with Crippen LogP contribution in [0.1, 0.15) is 25.6 Å². The van der Waals surface area contributed by atoms with Crippen LogP contribution in [-0.2, 0) is 17.1 Å². The zero-order chi connectivity index (χ0) is 10.2. The van der Waals surface area contributed by atoms with Gasteiger partial charge in [0.2, 0.25) is 0 Å². The van der Waals surface area contributed by atoms with E-state index in [-0.39, 0.29) is 28.8 Å². The van der Waals surface area contributed by atoms with E-state index in [1.807, 2.05) is 18.2 Å². The topological polar surface area (TPSA) is 26.1 Å². The quantitative estimate of drug-likeness (QED) is 0.762. The predicted molar refractivity (Wildman–Crippen MR) is 58.9 cm³/mol. The van der Waals surface area contributed by atoms with E-state index in [0.717, 1.165) is 5.70 Å². The molecule has 1 heterocycles. The molecule has 1 fully saturated rings. The van der Waals surface area contributed by atoms with Crippen LogP contribution in [0, 0.1) is 0 Å². The Kier molecular flexibility index (Phi) is 3.61. The van der Waals surface area contributed by atoms with Gasteiger partial charge >= 0.3 is 17.1 Å². The van der Waals surface area contributed by atoms with Gasteiger partial charge < -0.3 is 10.6 Å². The van der Waals surface area contributed by atoms with Crippen molar-refractivity contribution in [2.75, 3.05) is 0 Å². The van der Waals surface area contributed by atoms with Crippen LogP contribution in [0.15, 0.2) is 42.6 Å². The zero-order valence-corrected chi connectivity index (χ0v) is 9.86. The molecule has 15 heavy (non-hydrogen) atoms. The fourth-order valence-corrected chi connectivity index (χ4v) is 1.57. The molecule has 0 spiro atoms. The van der Waals surface area contributed by atoms with Gasteiger partial charge in [-0.2, -0.15) is 0 Å². The van der Waals surface area contributed by atoms with Crippen LogP contribution in [0.3, 0.4) is 0 Å². The maximum Gasteiger partial charge on any atom is 1.00 e. The molecule has 1 unspecified atom stereocenters. The molecule has 0 saturated carbocycles. The van der Waals surface area contributed by atoms with E-state index in [1.165, 1.54) is 5.56 Å². The second-order valence-corrected chi connectivity index (χ2v) is 4.16. The van der Waals surface area contributed by atoms with Crippen LogP contribution in [0.25, 0.3) is 5.32 Å². The van der Waals surface area contributed by atoms with Gasteiger partial charge in [-0.3, -0.25) is 0 Å². The van der Waals surface area contributed by atoms with Gasteiger partial charge in [0.15, 0.2) is 0 Å². The summed E-state index contributed by atoms with van der Waals surface area (Å²) in [4.78, 5) is 0. The molecule has 0 radical (unpaired) electrons. The average molecular weight is 251 g/mol. The first-order chi connectivity index (χ1) is 6.59. The van der Waals surface area contributed by atoms with Gasteiger partial charge in [-0.15, -0.1) is 12.3 Å². The number of benzene rings is 1. The smallest absolute Gasteiger partial charge is 0.669 e. The minimum absolute atomic E-state index is 0. The third-order valence-corrected chi connectivity index (χ3v) is 2.62. The van der Waals surface area contributed by atoms with Gasteiger partial charge in [0.25, 0.3) is 0 Å². The molecular formula is C12H15CuN2. The van der Waals surface area contributed by atoms with Crippen molar-refractivity contribution in [2.45, 2.75) is 25.6 Å².